The quantitative estimate of drug-likeness (QED) is 0.680. The third kappa shape index (κ3) is 5.11. The molecule has 1 aromatic heterocycles. The Labute approximate surface area is 181 Å². The molecule has 0 radical (unpaired) electrons. The molecule has 31 heavy (non-hydrogen) atoms. The third-order valence-electron chi connectivity index (χ3n) is 5.73. The summed E-state index contributed by atoms with van der Waals surface area (Å²) in [6.45, 7) is 3.70. The van der Waals surface area contributed by atoms with Gasteiger partial charge in [0.2, 0.25) is 11.8 Å². The van der Waals surface area contributed by atoms with E-state index < -0.39 is 6.04 Å². The highest BCUT2D eigenvalue weighted by Crippen LogP contribution is 2.19. The molecule has 1 saturated heterocycles. The average Bonchev–Trinajstić information content (AvgIpc) is 3.34. The summed E-state index contributed by atoms with van der Waals surface area (Å²) in [5.74, 6) is 2.31. The van der Waals surface area contributed by atoms with Gasteiger partial charge in [0.15, 0.2) is 5.82 Å². The Morgan fingerprint density at radius 1 is 1.26 bits per heavy atom. The van der Waals surface area contributed by atoms with Crippen molar-refractivity contribution in [1.82, 2.24) is 30.3 Å². The van der Waals surface area contributed by atoms with Gasteiger partial charge in [-0.2, -0.15) is 0 Å². The van der Waals surface area contributed by atoms with Crippen LogP contribution in [0.15, 0.2) is 30.3 Å². The van der Waals surface area contributed by atoms with Crippen molar-refractivity contribution in [2.45, 2.75) is 38.4 Å². The van der Waals surface area contributed by atoms with E-state index >= 15 is 0 Å². The molecule has 9 nitrogen and oxygen atoms in total. The van der Waals surface area contributed by atoms with Crippen LogP contribution in [0.5, 0.6) is 5.75 Å². The summed E-state index contributed by atoms with van der Waals surface area (Å²) >= 11 is 0. The number of aromatic nitrogens is 3. The second kappa shape index (κ2) is 9.74. The van der Waals surface area contributed by atoms with Gasteiger partial charge in [-0.1, -0.05) is 30.4 Å². The second-order valence-electron chi connectivity index (χ2n) is 7.76. The second-order valence-corrected chi connectivity index (χ2v) is 7.76. The molecule has 0 saturated carbocycles. The summed E-state index contributed by atoms with van der Waals surface area (Å²) in [7, 11) is 1.68. The summed E-state index contributed by atoms with van der Waals surface area (Å²) in [4.78, 5) is 25.9. The van der Waals surface area contributed by atoms with E-state index in [1.54, 1.807) is 7.11 Å². The van der Waals surface area contributed by atoms with Crippen LogP contribution in [0.1, 0.15) is 30.1 Å². The molecule has 0 bridgehead atoms. The molecular formula is C22H28N6O3. The molecule has 0 spiro atoms. The number of fused-ring (bicyclic) bond motifs is 1. The summed E-state index contributed by atoms with van der Waals surface area (Å²) in [5, 5.41) is 14.1. The number of benzene rings is 1. The lowest BCUT2D eigenvalue weighted by Gasteiger charge is -2.17. The third-order valence-corrected chi connectivity index (χ3v) is 5.73. The highest BCUT2D eigenvalue weighted by molar-refractivity contribution is 5.90. The highest BCUT2D eigenvalue weighted by Gasteiger charge is 2.27. The van der Waals surface area contributed by atoms with Crippen LogP contribution in [0, 0.1) is 0 Å². The maximum atomic E-state index is 12.2. The van der Waals surface area contributed by atoms with Crippen molar-refractivity contribution < 1.29 is 14.3 Å². The largest absolute Gasteiger partial charge is 0.496 e. The number of amides is 2. The smallest absolute Gasteiger partial charge is 0.242 e. The zero-order valence-electron chi connectivity index (χ0n) is 17.7. The average molecular weight is 425 g/mol. The number of nitrogens with one attached hydrogen (secondary N) is 2. The molecule has 1 unspecified atom stereocenters. The number of hydrogen-bond acceptors (Lipinski definition) is 6. The van der Waals surface area contributed by atoms with E-state index in [0.717, 1.165) is 55.6 Å². The lowest BCUT2D eigenvalue weighted by Crippen LogP contribution is -2.41. The first-order chi connectivity index (χ1) is 15.1. The molecule has 0 aliphatic carbocycles. The lowest BCUT2D eigenvalue weighted by molar-refractivity contribution is -0.125. The Balaban J connectivity index is 1.30. The van der Waals surface area contributed by atoms with E-state index in [2.05, 4.69) is 42.4 Å². The van der Waals surface area contributed by atoms with Gasteiger partial charge in [-0.05, 0) is 12.5 Å². The standard InChI is InChI=1S/C22H28N6O3/c1-31-18-7-3-2-5-16(18)6-4-11-27-12-10-19-25-26-20(28(19)14-13-27)15-23-22(30)17-8-9-21(29)24-17/h2-7,17H,8-15H2,1H3,(H,23,30)(H,24,29)/b6-4+. The number of methoxy groups -OCH3 is 1. The van der Waals surface area contributed by atoms with Crippen LogP contribution < -0.4 is 15.4 Å². The first-order valence-corrected chi connectivity index (χ1v) is 10.6. The number of ether oxygens (including phenoxy) is 1. The Hall–Kier alpha value is -3.20. The summed E-state index contributed by atoms with van der Waals surface area (Å²) in [6, 6.07) is 7.52. The predicted octanol–water partition coefficient (Wildman–Crippen LogP) is 0.753. The first-order valence-electron chi connectivity index (χ1n) is 10.6. The molecule has 9 heteroatoms. The number of nitrogens with zero attached hydrogens (tertiary/aromatic N) is 4. The lowest BCUT2D eigenvalue weighted by atomic mass is 10.2. The van der Waals surface area contributed by atoms with Gasteiger partial charge in [-0.25, -0.2) is 0 Å². The number of carbonyl (C=O) groups excluding carboxylic acids is 2. The Morgan fingerprint density at radius 3 is 2.94 bits per heavy atom. The van der Waals surface area contributed by atoms with Crippen LogP contribution in [-0.4, -0.2) is 64.3 Å². The molecule has 2 amide bonds. The predicted molar refractivity (Wildman–Crippen MR) is 115 cm³/mol. The van der Waals surface area contributed by atoms with Crippen molar-refractivity contribution in [3.63, 3.8) is 0 Å². The zero-order chi connectivity index (χ0) is 21.6. The normalized spacial score (nSPS) is 19.1. The van der Waals surface area contributed by atoms with Crippen molar-refractivity contribution >= 4 is 17.9 Å². The molecule has 2 aliphatic rings. The van der Waals surface area contributed by atoms with Crippen molar-refractivity contribution in [1.29, 1.82) is 0 Å². The summed E-state index contributed by atoms with van der Waals surface area (Å²) in [5.41, 5.74) is 1.06. The van der Waals surface area contributed by atoms with Crippen LogP contribution >= 0.6 is 0 Å². The fourth-order valence-corrected chi connectivity index (χ4v) is 3.97. The van der Waals surface area contributed by atoms with E-state index in [0.29, 0.717) is 19.4 Å². The minimum Gasteiger partial charge on any atom is -0.496 e. The molecule has 1 aromatic carbocycles. The zero-order valence-corrected chi connectivity index (χ0v) is 17.7. The maximum Gasteiger partial charge on any atom is 0.242 e. The molecule has 3 heterocycles. The van der Waals surface area contributed by atoms with Gasteiger partial charge in [0.25, 0.3) is 0 Å². The molecule has 4 rings (SSSR count). The maximum absolute atomic E-state index is 12.2. The topological polar surface area (TPSA) is 101 Å². The van der Waals surface area contributed by atoms with E-state index in [1.165, 1.54) is 0 Å². The van der Waals surface area contributed by atoms with Gasteiger partial charge in [0.1, 0.15) is 17.6 Å². The van der Waals surface area contributed by atoms with Gasteiger partial charge in [0, 0.05) is 44.6 Å². The van der Waals surface area contributed by atoms with Gasteiger partial charge >= 0.3 is 0 Å². The van der Waals surface area contributed by atoms with Crippen LogP contribution in [0.25, 0.3) is 6.08 Å². The van der Waals surface area contributed by atoms with E-state index in [1.807, 2.05) is 24.3 Å². The van der Waals surface area contributed by atoms with Crippen LogP contribution in [0.2, 0.25) is 0 Å². The molecule has 2 aliphatic heterocycles. The highest BCUT2D eigenvalue weighted by atomic mass is 16.5. The fraction of sp³-hybridized carbons (Fsp3) is 0.455. The Bertz CT molecular complexity index is 970. The van der Waals surface area contributed by atoms with Gasteiger partial charge in [-0.3, -0.25) is 14.5 Å². The van der Waals surface area contributed by atoms with Crippen molar-refractivity contribution in [2.75, 3.05) is 26.7 Å². The SMILES string of the molecule is COc1ccccc1/C=C/CN1CCc2nnc(CNC(=O)C3CCC(=O)N3)n2CC1. The molecule has 2 N–H and O–H groups in total. The van der Waals surface area contributed by atoms with Crippen LogP contribution in [0.3, 0.4) is 0 Å². The minimum absolute atomic E-state index is 0.0728. The van der Waals surface area contributed by atoms with Crippen molar-refractivity contribution in [3.8, 4) is 5.75 Å². The Kier molecular flexibility index (Phi) is 6.61. The molecular weight excluding hydrogens is 396 g/mol. The number of rotatable bonds is 7. The van der Waals surface area contributed by atoms with E-state index in [9.17, 15) is 9.59 Å². The molecule has 1 fully saturated rings. The molecule has 164 valence electrons. The van der Waals surface area contributed by atoms with Crippen LogP contribution in [0.4, 0.5) is 0 Å². The fourth-order valence-electron chi connectivity index (χ4n) is 3.97. The van der Waals surface area contributed by atoms with Gasteiger partial charge < -0.3 is 19.9 Å². The number of para-hydroxylation sites is 1. The number of carbonyl (C=O) groups is 2. The van der Waals surface area contributed by atoms with Gasteiger partial charge in [0.05, 0.1) is 13.7 Å². The Morgan fingerprint density at radius 2 is 2.13 bits per heavy atom. The van der Waals surface area contributed by atoms with Crippen LogP contribution in [-0.2, 0) is 29.1 Å². The van der Waals surface area contributed by atoms with Crippen molar-refractivity contribution in [3.05, 3.63) is 47.6 Å². The monoisotopic (exact) mass is 424 g/mol. The first kappa shape index (κ1) is 21.0. The molecule has 2 aromatic rings. The van der Waals surface area contributed by atoms with E-state index in [4.69, 9.17) is 4.74 Å². The molecule has 1 atom stereocenters. The number of hydrogen-bond donors (Lipinski definition) is 2. The minimum atomic E-state index is -0.440. The van der Waals surface area contributed by atoms with Gasteiger partial charge in [-0.15, -0.1) is 10.2 Å². The van der Waals surface area contributed by atoms with Crippen molar-refractivity contribution in [2.24, 2.45) is 0 Å². The summed E-state index contributed by atoms with van der Waals surface area (Å²) in [6.07, 6.45) is 6.00. The van der Waals surface area contributed by atoms with E-state index in [-0.39, 0.29) is 11.8 Å². The summed E-state index contributed by atoms with van der Waals surface area (Å²) < 4.78 is 7.49.